The van der Waals surface area contributed by atoms with Crippen molar-refractivity contribution in [3.63, 3.8) is 0 Å². The summed E-state index contributed by atoms with van der Waals surface area (Å²) in [5.74, 6) is 1.81. The second-order valence-electron chi connectivity index (χ2n) is 4.93. The number of rotatable bonds is 5. The van der Waals surface area contributed by atoms with Crippen molar-refractivity contribution in [2.45, 2.75) is 39.3 Å². The predicted octanol–water partition coefficient (Wildman–Crippen LogP) is 1.91. The topological polar surface area (TPSA) is 29.9 Å². The normalized spacial score (nSPS) is 25.5. The maximum absolute atomic E-state index is 4.02. The van der Waals surface area contributed by atoms with Crippen molar-refractivity contribution < 1.29 is 0 Å². The molecule has 1 fully saturated rings. The van der Waals surface area contributed by atoms with Crippen molar-refractivity contribution in [2.24, 2.45) is 11.8 Å². The number of aromatic nitrogens is 2. The minimum atomic E-state index is 0.765. The third kappa shape index (κ3) is 2.81. The molecule has 1 saturated carbocycles. The lowest BCUT2D eigenvalue weighted by molar-refractivity contribution is 0.168. The third-order valence-corrected chi connectivity index (χ3v) is 3.48. The van der Waals surface area contributed by atoms with Gasteiger partial charge in [-0.15, -0.1) is 0 Å². The highest BCUT2D eigenvalue weighted by Gasteiger charge is 2.30. The van der Waals surface area contributed by atoms with Crippen LogP contribution in [-0.4, -0.2) is 22.1 Å². The smallest absolute Gasteiger partial charge is 0.0946 e. The van der Waals surface area contributed by atoms with Gasteiger partial charge < -0.3 is 9.88 Å². The van der Waals surface area contributed by atoms with Crippen molar-refractivity contribution in [1.29, 1.82) is 0 Å². The van der Waals surface area contributed by atoms with E-state index in [4.69, 9.17) is 0 Å². The molecule has 2 rings (SSSR count). The van der Waals surface area contributed by atoms with Crippen molar-refractivity contribution in [2.75, 3.05) is 6.54 Å². The fraction of sp³-hybridized carbons (Fsp3) is 0.750. The van der Waals surface area contributed by atoms with E-state index in [2.05, 4.69) is 28.7 Å². The number of nitrogens with one attached hydrogen (secondary N) is 1. The number of hydrogen-bond acceptors (Lipinski definition) is 2. The zero-order chi connectivity index (χ0) is 10.7. The van der Waals surface area contributed by atoms with Crippen LogP contribution in [0.15, 0.2) is 18.7 Å². The van der Waals surface area contributed by atoms with Crippen LogP contribution in [0.1, 0.15) is 26.7 Å². The maximum atomic E-state index is 4.02. The van der Waals surface area contributed by atoms with Gasteiger partial charge in [0.15, 0.2) is 0 Å². The summed E-state index contributed by atoms with van der Waals surface area (Å²) in [5, 5.41) is 3.59. The van der Waals surface area contributed by atoms with Crippen LogP contribution in [0.3, 0.4) is 0 Å². The Morgan fingerprint density at radius 2 is 2.27 bits per heavy atom. The van der Waals surface area contributed by atoms with Gasteiger partial charge in [-0.2, -0.15) is 0 Å². The van der Waals surface area contributed by atoms with E-state index >= 15 is 0 Å². The third-order valence-electron chi connectivity index (χ3n) is 3.48. The molecule has 0 atom stereocenters. The van der Waals surface area contributed by atoms with Crippen molar-refractivity contribution in [3.05, 3.63) is 18.7 Å². The lowest BCUT2D eigenvalue weighted by Gasteiger charge is -2.38. The van der Waals surface area contributed by atoms with E-state index in [0.29, 0.717) is 0 Å². The number of imidazole rings is 1. The summed E-state index contributed by atoms with van der Waals surface area (Å²) >= 11 is 0. The minimum Gasteiger partial charge on any atom is -0.336 e. The first kappa shape index (κ1) is 10.7. The van der Waals surface area contributed by atoms with E-state index in [0.717, 1.165) is 31.0 Å². The van der Waals surface area contributed by atoms with Crippen LogP contribution >= 0.6 is 0 Å². The summed E-state index contributed by atoms with van der Waals surface area (Å²) in [5.41, 5.74) is 0. The van der Waals surface area contributed by atoms with E-state index in [9.17, 15) is 0 Å². The average molecular weight is 207 g/mol. The Hall–Kier alpha value is -0.830. The molecule has 0 bridgehead atoms. The van der Waals surface area contributed by atoms with Gasteiger partial charge in [-0.3, -0.25) is 0 Å². The van der Waals surface area contributed by atoms with Gasteiger partial charge in [0.2, 0.25) is 0 Å². The second kappa shape index (κ2) is 4.79. The highest BCUT2D eigenvalue weighted by molar-refractivity contribution is 4.86. The van der Waals surface area contributed by atoms with Crippen LogP contribution in [0.25, 0.3) is 0 Å². The monoisotopic (exact) mass is 207 g/mol. The Kier molecular flexibility index (Phi) is 3.41. The molecule has 3 nitrogen and oxygen atoms in total. The zero-order valence-corrected chi connectivity index (χ0v) is 9.69. The van der Waals surface area contributed by atoms with Crippen LogP contribution in [0.4, 0.5) is 0 Å². The molecule has 0 radical (unpaired) electrons. The Morgan fingerprint density at radius 1 is 1.47 bits per heavy atom. The van der Waals surface area contributed by atoms with Crippen LogP contribution in [-0.2, 0) is 6.54 Å². The minimum absolute atomic E-state index is 0.765. The SMILES string of the molecule is CC(C)C1CC(NCCn2ccnc2)C1. The molecule has 1 N–H and O–H groups in total. The van der Waals surface area contributed by atoms with Gasteiger partial charge >= 0.3 is 0 Å². The first-order chi connectivity index (χ1) is 7.25. The van der Waals surface area contributed by atoms with Crippen molar-refractivity contribution in [1.82, 2.24) is 14.9 Å². The van der Waals surface area contributed by atoms with Gasteiger partial charge in [0, 0.05) is 31.5 Å². The fourth-order valence-corrected chi connectivity index (χ4v) is 2.19. The molecule has 15 heavy (non-hydrogen) atoms. The van der Waals surface area contributed by atoms with E-state index in [1.165, 1.54) is 12.8 Å². The predicted molar refractivity (Wildman–Crippen MR) is 61.6 cm³/mol. The van der Waals surface area contributed by atoms with E-state index in [1.807, 2.05) is 18.7 Å². The zero-order valence-electron chi connectivity index (χ0n) is 9.69. The number of hydrogen-bond donors (Lipinski definition) is 1. The molecule has 1 aromatic heterocycles. The van der Waals surface area contributed by atoms with Gasteiger partial charge in [-0.1, -0.05) is 13.8 Å². The second-order valence-corrected chi connectivity index (χ2v) is 4.93. The van der Waals surface area contributed by atoms with E-state index in [-0.39, 0.29) is 0 Å². The van der Waals surface area contributed by atoms with Gasteiger partial charge in [0.1, 0.15) is 0 Å². The molecule has 3 heteroatoms. The Labute approximate surface area is 91.9 Å². The average Bonchev–Trinajstić information content (AvgIpc) is 2.60. The molecule has 0 saturated heterocycles. The molecule has 0 amide bonds. The number of nitrogens with zero attached hydrogens (tertiary/aromatic N) is 2. The maximum Gasteiger partial charge on any atom is 0.0946 e. The molecule has 1 heterocycles. The summed E-state index contributed by atoms with van der Waals surface area (Å²) in [4.78, 5) is 4.02. The standard InChI is InChI=1S/C12H21N3/c1-10(2)11-7-12(8-11)14-4-6-15-5-3-13-9-15/h3,5,9-12,14H,4,6-8H2,1-2H3. The van der Waals surface area contributed by atoms with Crippen LogP contribution in [0, 0.1) is 11.8 Å². The lowest BCUT2D eigenvalue weighted by atomic mass is 9.74. The summed E-state index contributed by atoms with van der Waals surface area (Å²) in [7, 11) is 0. The molecular weight excluding hydrogens is 186 g/mol. The van der Waals surface area contributed by atoms with Gasteiger partial charge in [0.05, 0.1) is 6.33 Å². The van der Waals surface area contributed by atoms with Gasteiger partial charge in [0.25, 0.3) is 0 Å². The van der Waals surface area contributed by atoms with Crippen LogP contribution in [0.5, 0.6) is 0 Å². The lowest BCUT2D eigenvalue weighted by Crippen LogP contribution is -2.44. The summed E-state index contributed by atoms with van der Waals surface area (Å²) in [6, 6.07) is 0.765. The Balaban J connectivity index is 1.57. The summed E-state index contributed by atoms with van der Waals surface area (Å²) < 4.78 is 2.12. The summed E-state index contributed by atoms with van der Waals surface area (Å²) in [6.07, 6.45) is 8.44. The van der Waals surface area contributed by atoms with Crippen LogP contribution < -0.4 is 5.32 Å². The van der Waals surface area contributed by atoms with Crippen molar-refractivity contribution >= 4 is 0 Å². The Bertz CT molecular complexity index is 273. The fourth-order valence-electron chi connectivity index (χ4n) is 2.19. The largest absolute Gasteiger partial charge is 0.336 e. The first-order valence-electron chi connectivity index (χ1n) is 5.95. The molecule has 1 aliphatic carbocycles. The molecular formula is C12H21N3. The van der Waals surface area contributed by atoms with E-state index in [1.54, 1.807) is 0 Å². The molecule has 0 aliphatic heterocycles. The molecule has 0 spiro atoms. The highest BCUT2D eigenvalue weighted by Crippen LogP contribution is 2.33. The molecule has 0 aromatic carbocycles. The quantitative estimate of drug-likeness (QED) is 0.799. The van der Waals surface area contributed by atoms with Crippen molar-refractivity contribution in [3.8, 4) is 0 Å². The van der Waals surface area contributed by atoms with Crippen LogP contribution in [0.2, 0.25) is 0 Å². The molecule has 1 aromatic rings. The molecule has 1 aliphatic rings. The first-order valence-corrected chi connectivity index (χ1v) is 5.95. The molecule has 84 valence electrons. The highest BCUT2D eigenvalue weighted by atomic mass is 15.1. The van der Waals surface area contributed by atoms with E-state index < -0.39 is 0 Å². The Morgan fingerprint density at radius 3 is 2.87 bits per heavy atom. The van der Waals surface area contributed by atoms with Gasteiger partial charge in [-0.05, 0) is 24.7 Å². The summed E-state index contributed by atoms with van der Waals surface area (Å²) in [6.45, 7) is 6.74. The van der Waals surface area contributed by atoms with Gasteiger partial charge in [-0.25, -0.2) is 4.98 Å². The molecule has 0 unspecified atom stereocenters.